The highest BCUT2D eigenvalue weighted by atomic mass is 79.9. The fourth-order valence-electron chi connectivity index (χ4n) is 1.56. The van der Waals surface area contributed by atoms with E-state index in [0.29, 0.717) is 21.2 Å². The fourth-order valence-corrected chi connectivity index (χ4v) is 1.90. The highest BCUT2D eigenvalue weighted by Crippen LogP contribution is 2.26. The number of carbonyl (C=O) groups excluding carboxylic acids is 1. The molecule has 2 aromatic rings. The number of amides is 1. The second-order valence-electron chi connectivity index (χ2n) is 3.57. The molecule has 0 aromatic heterocycles. The smallest absolute Gasteiger partial charge is 0.248 e. The van der Waals surface area contributed by atoms with Gasteiger partial charge in [-0.15, -0.1) is 0 Å². The van der Waals surface area contributed by atoms with Crippen molar-refractivity contribution >= 4 is 21.8 Å². The summed E-state index contributed by atoms with van der Waals surface area (Å²) in [5.74, 6) is -0.870. The van der Waals surface area contributed by atoms with Crippen LogP contribution in [-0.4, -0.2) is 5.91 Å². The average Bonchev–Trinajstić information content (AvgIpc) is 2.29. The van der Waals surface area contributed by atoms with Crippen LogP contribution in [0.3, 0.4) is 0 Å². The first kappa shape index (κ1) is 11.8. The van der Waals surface area contributed by atoms with E-state index in [1.165, 1.54) is 6.07 Å². The van der Waals surface area contributed by atoms with Crippen molar-refractivity contribution in [1.82, 2.24) is 0 Å². The molecule has 0 spiro atoms. The molecule has 2 rings (SSSR count). The van der Waals surface area contributed by atoms with Gasteiger partial charge < -0.3 is 5.73 Å². The van der Waals surface area contributed by atoms with Gasteiger partial charge in [0, 0.05) is 15.6 Å². The van der Waals surface area contributed by atoms with Gasteiger partial charge in [0.1, 0.15) is 5.82 Å². The van der Waals surface area contributed by atoms with Crippen molar-refractivity contribution in [2.24, 2.45) is 5.73 Å². The van der Waals surface area contributed by atoms with E-state index in [4.69, 9.17) is 5.73 Å². The Kier molecular flexibility index (Phi) is 3.24. The van der Waals surface area contributed by atoms with Crippen molar-refractivity contribution in [2.75, 3.05) is 0 Å². The summed E-state index contributed by atoms with van der Waals surface area (Å²) < 4.78 is 14.4. The van der Waals surface area contributed by atoms with Crippen molar-refractivity contribution < 1.29 is 9.18 Å². The zero-order chi connectivity index (χ0) is 12.4. The van der Waals surface area contributed by atoms with Crippen LogP contribution in [0.1, 0.15) is 10.4 Å². The van der Waals surface area contributed by atoms with Crippen LogP contribution in [0, 0.1) is 5.82 Å². The molecule has 0 unspecified atom stereocenters. The summed E-state index contributed by atoms with van der Waals surface area (Å²) in [6, 6.07) is 11.4. The molecule has 2 nitrogen and oxygen atoms in total. The molecule has 0 heterocycles. The lowest BCUT2D eigenvalue weighted by Gasteiger charge is -2.05. The van der Waals surface area contributed by atoms with E-state index in [2.05, 4.69) is 15.9 Å². The summed E-state index contributed by atoms with van der Waals surface area (Å²) in [6.07, 6.45) is 0. The van der Waals surface area contributed by atoms with Gasteiger partial charge in [-0.1, -0.05) is 34.1 Å². The van der Waals surface area contributed by atoms with E-state index in [1.807, 2.05) is 0 Å². The predicted octanol–water partition coefficient (Wildman–Crippen LogP) is 3.35. The highest BCUT2D eigenvalue weighted by Gasteiger charge is 2.07. The van der Waals surface area contributed by atoms with Crippen molar-refractivity contribution in [3.8, 4) is 11.1 Å². The third-order valence-corrected chi connectivity index (χ3v) is 2.88. The lowest BCUT2D eigenvalue weighted by atomic mass is 10.0. The lowest BCUT2D eigenvalue weighted by molar-refractivity contribution is 0.100. The van der Waals surface area contributed by atoms with Crippen LogP contribution in [0.25, 0.3) is 11.1 Å². The van der Waals surface area contributed by atoms with E-state index in [9.17, 15) is 9.18 Å². The minimum Gasteiger partial charge on any atom is -0.366 e. The Morgan fingerprint density at radius 1 is 1.18 bits per heavy atom. The molecule has 2 N–H and O–H groups in total. The van der Waals surface area contributed by atoms with Gasteiger partial charge in [-0.2, -0.15) is 0 Å². The van der Waals surface area contributed by atoms with Crippen molar-refractivity contribution in [1.29, 1.82) is 0 Å². The number of primary amides is 1. The van der Waals surface area contributed by atoms with Crippen LogP contribution in [0.2, 0.25) is 0 Å². The van der Waals surface area contributed by atoms with E-state index >= 15 is 0 Å². The van der Waals surface area contributed by atoms with Crippen LogP contribution in [-0.2, 0) is 0 Å². The number of benzene rings is 2. The lowest BCUT2D eigenvalue weighted by Crippen LogP contribution is -2.10. The molecule has 0 aliphatic heterocycles. The maximum Gasteiger partial charge on any atom is 0.248 e. The summed E-state index contributed by atoms with van der Waals surface area (Å²) in [7, 11) is 0. The number of nitrogens with two attached hydrogens (primary N) is 1. The molecule has 0 saturated carbocycles. The van der Waals surface area contributed by atoms with E-state index in [-0.39, 0.29) is 5.82 Å². The largest absolute Gasteiger partial charge is 0.366 e. The minimum atomic E-state index is -0.524. The summed E-state index contributed by atoms with van der Waals surface area (Å²) in [4.78, 5) is 11.0. The van der Waals surface area contributed by atoms with Gasteiger partial charge in [-0.25, -0.2) is 4.39 Å². The second-order valence-corrected chi connectivity index (χ2v) is 4.48. The molecular formula is C13H9BrFNO. The van der Waals surface area contributed by atoms with Gasteiger partial charge in [0.2, 0.25) is 5.91 Å². The van der Waals surface area contributed by atoms with Crippen molar-refractivity contribution in [2.45, 2.75) is 0 Å². The molecule has 0 bridgehead atoms. The average molecular weight is 294 g/mol. The molecule has 4 heteroatoms. The van der Waals surface area contributed by atoms with Gasteiger partial charge >= 0.3 is 0 Å². The highest BCUT2D eigenvalue weighted by molar-refractivity contribution is 9.10. The first-order chi connectivity index (χ1) is 8.08. The van der Waals surface area contributed by atoms with Crippen LogP contribution in [0.4, 0.5) is 4.39 Å². The first-order valence-electron chi connectivity index (χ1n) is 4.93. The molecule has 17 heavy (non-hydrogen) atoms. The molecule has 0 saturated heterocycles. The Bertz CT molecular complexity index is 583. The molecular weight excluding hydrogens is 285 g/mol. The summed E-state index contributed by atoms with van der Waals surface area (Å²) >= 11 is 3.19. The Morgan fingerprint density at radius 3 is 2.59 bits per heavy atom. The van der Waals surface area contributed by atoms with Gasteiger partial charge in [0.15, 0.2) is 0 Å². The summed E-state index contributed by atoms with van der Waals surface area (Å²) in [6.45, 7) is 0. The Balaban J connectivity index is 2.53. The van der Waals surface area contributed by atoms with Gasteiger partial charge in [-0.3, -0.25) is 4.79 Å². The van der Waals surface area contributed by atoms with Crippen molar-refractivity contribution in [3.63, 3.8) is 0 Å². The zero-order valence-corrected chi connectivity index (χ0v) is 10.4. The minimum absolute atomic E-state index is 0.346. The van der Waals surface area contributed by atoms with Crippen LogP contribution in [0.15, 0.2) is 46.9 Å². The number of hydrogen-bond donors (Lipinski definition) is 1. The number of rotatable bonds is 2. The molecule has 0 aliphatic rings. The molecule has 0 radical (unpaired) electrons. The molecule has 0 aliphatic carbocycles. The third-order valence-electron chi connectivity index (χ3n) is 2.39. The predicted molar refractivity (Wildman–Crippen MR) is 68.1 cm³/mol. The monoisotopic (exact) mass is 293 g/mol. The Hall–Kier alpha value is -1.68. The van der Waals surface area contributed by atoms with Gasteiger partial charge in [-0.05, 0) is 29.8 Å². The number of halogens is 2. The van der Waals surface area contributed by atoms with E-state index in [1.54, 1.807) is 36.4 Å². The van der Waals surface area contributed by atoms with Crippen molar-refractivity contribution in [3.05, 3.63) is 58.3 Å². The van der Waals surface area contributed by atoms with E-state index < -0.39 is 5.91 Å². The van der Waals surface area contributed by atoms with Crippen LogP contribution < -0.4 is 5.73 Å². The zero-order valence-electron chi connectivity index (χ0n) is 8.78. The van der Waals surface area contributed by atoms with Crippen LogP contribution in [0.5, 0.6) is 0 Å². The molecule has 86 valence electrons. The second kappa shape index (κ2) is 4.67. The normalized spacial score (nSPS) is 10.2. The maximum atomic E-state index is 13.7. The SMILES string of the molecule is NC(=O)c1cccc(-c2ccc(Br)cc2F)c1. The maximum absolute atomic E-state index is 13.7. The standard InChI is InChI=1S/C13H9BrFNO/c14-10-4-5-11(12(15)7-10)8-2-1-3-9(6-8)13(16)17/h1-7H,(H2,16,17). The number of carbonyl (C=O) groups is 1. The molecule has 0 fully saturated rings. The first-order valence-corrected chi connectivity index (χ1v) is 5.72. The third kappa shape index (κ3) is 2.53. The number of hydrogen-bond acceptors (Lipinski definition) is 1. The van der Waals surface area contributed by atoms with Gasteiger partial charge in [0.25, 0.3) is 0 Å². The summed E-state index contributed by atoms with van der Waals surface area (Å²) in [5.41, 5.74) is 6.62. The van der Waals surface area contributed by atoms with Gasteiger partial charge in [0.05, 0.1) is 0 Å². The fraction of sp³-hybridized carbons (Fsp3) is 0. The Labute approximate surface area is 106 Å². The summed E-state index contributed by atoms with van der Waals surface area (Å²) in [5, 5.41) is 0. The Morgan fingerprint density at radius 2 is 1.94 bits per heavy atom. The molecule has 0 atom stereocenters. The topological polar surface area (TPSA) is 43.1 Å². The molecule has 1 amide bonds. The van der Waals surface area contributed by atoms with Crippen LogP contribution >= 0.6 is 15.9 Å². The van der Waals surface area contributed by atoms with E-state index in [0.717, 1.165) is 0 Å². The molecule has 2 aromatic carbocycles. The quantitative estimate of drug-likeness (QED) is 0.906.